The number of carbonyl (C=O) groups is 1. The van der Waals surface area contributed by atoms with Crippen LogP contribution >= 0.6 is 0 Å². The summed E-state index contributed by atoms with van der Waals surface area (Å²) in [5.41, 5.74) is 0. The molecule has 0 aliphatic heterocycles. The van der Waals surface area contributed by atoms with Crippen LogP contribution in [-0.2, 0) is 14.9 Å². The van der Waals surface area contributed by atoms with Crippen LogP contribution in [-0.4, -0.2) is 53.1 Å². The zero-order valence-corrected chi connectivity index (χ0v) is 23.3. The molecular formula is C28H51NO6S. The van der Waals surface area contributed by atoms with E-state index < -0.39 is 40.0 Å². The van der Waals surface area contributed by atoms with Crippen molar-refractivity contribution in [2.75, 3.05) is 5.75 Å². The van der Waals surface area contributed by atoms with Crippen LogP contribution in [0.2, 0.25) is 0 Å². The van der Waals surface area contributed by atoms with Crippen LogP contribution in [0.4, 0.5) is 0 Å². The molecule has 0 radical (unpaired) electrons. The number of aliphatic hydroxyl groups excluding tert-OH is 2. The molecule has 1 amide bonds. The van der Waals surface area contributed by atoms with Crippen LogP contribution in [0.1, 0.15) is 110 Å². The Morgan fingerprint density at radius 3 is 1.83 bits per heavy atom. The summed E-state index contributed by atoms with van der Waals surface area (Å²) in [4.78, 5) is 12.4. The number of hydrogen-bond donors (Lipinski definition) is 4. The number of unbranched alkanes of at least 4 members (excludes halogenated alkanes) is 11. The predicted molar refractivity (Wildman–Crippen MR) is 148 cm³/mol. The molecule has 0 bridgehead atoms. The quantitative estimate of drug-likeness (QED) is 0.0771. The van der Waals surface area contributed by atoms with E-state index in [9.17, 15) is 28.0 Å². The Kier molecular flexibility index (Phi) is 21.8. The topological polar surface area (TPSA) is 124 Å². The van der Waals surface area contributed by atoms with E-state index >= 15 is 0 Å². The third-order valence-corrected chi connectivity index (χ3v) is 6.78. The largest absolute Gasteiger partial charge is 0.387 e. The second-order valence-corrected chi connectivity index (χ2v) is 11.0. The van der Waals surface area contributed by atoms with Gasteiger partial charge in [-0.2, -0.15) is 8.42 Å². The first-order valence-corrected chi connectivity index (χ1v) is 15.4. The van der Waals surface area contributed by atoms with Gasteiger partial charge in [0.1, 0.15) is 6.10 Å². The SMILES string of the molecule is C/C=C/CC/C=C/CC/C=C/C(O)C(CS(=O)(=O)O)NC(=O)C(O)CCCCCCCCCCCC. The molecule has 0 aromatic rings. The Hall–Kier alpha value is -1.48. The summed E-state index contributed by atoms with van der Waals surface area (Å²) in [5.74, 6) is -1.57. The zero-order chi connectivity index (χ0) is 27.1. The van der Waals surface area contributed by atoms with Crippen molar-refractivity contribution in [2.24, 2.45) is 0 Å². The third kappa shape index (κ3) is 21.8. The molecule has 0 rings (SSSR count). The minimum absolute atomic E-state index is 0.271. The summed E-state index contributed by atoms with van der Waals surface area (Å²) in [6, 6.07) is -1.25. The molecule has 0 heterocycles. The van der Waals surface area contributed by atoms with E-state index in [2.05, 4.69) is 24.4 Å². The Morgan fingerprint density at radius 2 is 1.31 bits per heavy atom. The predicted octanol–water partition coefficient (Wildman–Crippen LogP) is 5.64. The van der Waals surface area contributed by atoms with Gasteiger partial charge in [-0.1, -0.05) is 108 Å². The fraction of sp³-hybridized carbons (Fsp3) is 0.750. The number of aliphatic hydroxyl groups is 2. The van der Waals surface area contributed by atoms with E-state index in [0.29, 0.717) is 12.8 Å². The summed E-state index contributed by atoms with van der Waals surface area (Å²) >= 11 is 0. The molecule has 0 aromatic heterocycles. The third-order valence-electron chi connectivity index (χ3n) is 6.00. The first kappa shape index (κ1) is 34.5. The molecule has 4 N–H and O–H groups in total. The summed E-state index contributed by atoms with van der Waals surface area (Å²) in [6.07, 6.45) is 23.8. The van der Waals surface area contributed by atoms with Crippen LogP contribution in [0.5, 0.6) is 0 Å². The number of nitrogens with one attached hydrogen (secondary N) is 1. The lowest BCUT2D eigenvalue weighted by molar-refractivity contribution is -0.130. The maximum absolute atomic E-state index is 12.4. The highest BCUT2D eigenvalue weighted by molar-refractivity contribution is 7.85. The summed E-state index contributed by atoms with van der Waals surface area (Å²) in [5, 5.41) is 23.0. The van der Waals surface area contributed by atoms with Crippen molar-refractivity contribution in [3.8, 4) is 0 Å². The minimum atomic E-state index is -4.43. The molecule has 0 aliphatic carbocycles. The number of hydrogen-bond acceptors (Lipinski definition) is 5. The number of allylic oxidation sites excluding steroid dienone is 5. The lowest BCUT2D eigenvalue weighted by Crippen LogP contribution is -2.50. The highest BCUT2D eigenvalue weighted by atomic mass is 32.2. The number of carbonyl (C=O) groups excluding carboxylic acids is 1. The smallest absolute Gasteiger partial charge is 0.267 e. The van der Waals surface area contributed by atoms with Crippen LogP contribution in [0.15, 0.2) is 36.5 Å². The van der Waals surface area contributed by atoms with Gasteiger partial charge in [0, 0.05) is 0 Å². The molecule has 210 valence electrons. The van der Waals surface area contributed by atoms with Crippen LogP contribution in [0.25, 0.3) is 0 Å². The molecule has 8 heteroatoms. The average molecular weight is 530 g/mol. The standard InChI is InChI=1S/C28H51NO6S/c1-3-5-7-9-11-13-15-17-19-21-23-27(31)28(32)29-25(24-36(33,34)35)26(30)22-20-18-16-14-12-10-8-6-4-2/h4,6,12,14,20,22,25-27,30-31H,3,5,7-11,13,15-19,21,23-24H2,1-2H3,(H,29,32)(H,33,34,35)/b6-4+,14-12+,22-20+. The Labute approximate surface area is 219 Å². The van der Waals surface area contributed by atoms with Crippen LogP contribution in [0.3, 0.4) is 0 Å². The van der Waals surface area contributed by atoms with Crippen molar-refractivity contribution in [1.29, 1.82) is 0 Å². The van der Waals surface area contributed by atoms with E-state index in [0.717, 1.165) is 38.5 Å². The first-order chi connectivity index (χ1) is 17.2. The van der Waals surface area contributed by atoms with Gasteiger partial charge in [0.15, 0.2) is 0 Å². The minimum Gasteiger partial charge on any atom is -0.387 e. The van der Waals surface area contributed by atoms with Gasteiger partial charge in [-0.3, -0.25) is 9.35 Å². The number of rotatable bonds is 23. The van der Waals surface area contributed by atoms with Gasteiger partial charge in [0.25, 0.3) is 10.1 Å². The van der Waals surface area contributed by atoms with Crippen molar-refractivity contribution in [2.45, 2.75) is 128 Å². The van der Waals surface area contributed by atoms with Gasteiger partial charge in [0.05, 0.1) is 17.9 Å². The van der Waals surface area contributed by atoms with Crippen molar-refractivity contribution in [3.05, 3.63) is 36.5 Å². The fourth-order valence-corrected chi connectivity index (χ4v) is 4.58. The van der Waals surface area contributed by atoms with E-state index in [1.54, 1.807) is 6.08 Å². The van der Waals surface area contributed by atoms with Gasteiger partial charge >= 0.3 is 0 Å². The van der Waals surface area contributed by atoms with Crippen molar-refractivity contribution in [1.82, 2.24) is 5.32 Å². The molecule has 36 heavy (non-hydrogen) atoms. The van der Waals surface area contributed by atoms with E-state index in [1.165, 1.54) is 44.6 Å². The van der Waals surface area contributed by atoms with Crippen LogP contribution < -0.4 is 5.32 Å². The molecule has 0 spiro atoms. The Balaban J connectivity index is 4.39. The Bertz CT molecular complexity index is 732. The molecular weight excluding hydrogens is 478 g/mol. The lowest BCUT2D eigenvalue weighted by atomic mass is 10.0. The highest BCUT2D eigenvalue weighted by Gasteiger charge is 2.27. The van der Waals surface area contributed by atoms with Gasteiger partial charge in [-0.05, 0) is 39.0 Å². The summed E-state index contributed by atoms with van der Waals surface area (Å²) in [7, 11) is -4.43. The molecule has 0 aromatic carbocycles. The molecule has 0 saturated carbocycles. The van der Waals surface area contributed by atoms with Gasteiger partial charge < -0.3 is 15.5 Å². The van der Waals surface area contributed by atoms with Crippen molar-refractivity contribution < 1.29 is 28.0 Å². The van der Waals surface area contributed by atoms with Crippen LogP contribution in [0, 0.1) is 0 Å². The maximum atomic E-state index is 12.4. The molecule has 0 fully saturated rings. The first-order valence-electron chi connectivity index (χ1n) is 13.8. The molecule has 0 saturated heterocycles. The van der Waals surface area contributed by atoms with E-state index in [4.69, 9.17) is 0 Å². The summed E-state index contributed by atoms with van der Waals surface area (Å²) < 4.78 is 32.0. The maximum Gasteiger partial charge on any atom is 0.267 e. The normalized spacial score (nSPS) is 15.1. The fourth-order valence-electron chi connectivity index (χ4n) is 3.84. The van der Waals surface area contributed by atoms with E-state index in [-0.39, 0.29) is 6.42 Å². The lowest BCUT2D eigenvalue weighted by Gasteiger charge is -2.22. The van der Waals surface area contributed by atoms with Gasteiger partial charge in [0.2, 0.25) is 5.91 Å². The average Bonchev–Trinajstić information content (AvgIpc) is 2.82. The highest BCUT2D eigenvalue weighted by Crippen LogP contribution is 2.12. The summed E-state index contributed by atoms with van der Waals surface area (Å²) in [6.45, 7) is 4.19. The van der Waals surface area contributed by atoms with Crippen molar-refractivity contribution in [3.63, 3.8) is 0 Å². The number of amides is 1. The monoisotopic (exact) mass is 529 g/mol. The second-order valence-electron chi connectivity index (χ2n) is 9.46. The molecule has 3 unspecified atom stereocenters. The van der Waals surface area contributed by atoms with Gasteiger partial charge in [-0.15, -0.1) is 0 Å². The van der Waals surface area contributed by atoms with E-state index in [1.807, 2.05) is 19.1 Å². The molecule has 3 atom stereocenters. The molecule has 0 aliphatic rings. The molecule has 7 nitrogen and oxygen atoms in total. The van der Waals surface area contributed by atoms with Gasteiger partial charge in [-0.25, -0.2) is 0 Å². The van der Waals surface area contributed by atoms with Crippen molar-refractivity contribution >= 4 is 16.0 Å². The zero-order valence-electron chi connectivity index (χ0n) is 22.5. The second kappa shape index (κ2) is 22.7. The Morgan fingerprint density at radius 1 is 0.806 bits per heavy atom.